The highest BCUT2D eigenvalue weighted by Gasteiger charge is 2.16. The van der Waals surface area contributed by atoms with Crippen molar-refractivity contribution in [2.45, 2.75) is 46.3 Å². The van der Waals surface area contributed by atoms with E-state index in [2.05, 4.69) is 39.3 Å². The zero-order chi connectivity index (χ0) is 20.4. The first-order valence-corrected chi connectivity index (χ1v) is 10.4. The largest absolute Gasteiger partial charge is 0.444 e. The molecule has 0 radical (unpaired) electrons. The fraction of sp³-hybridized carbons (Fsp3) is 0.429. The summed E-state index contributed by atoms with van der Waals surface area (Å²) in [5.74, 6) is 0.819. The molecule has 0 saturated heterocycles. The van der Waals surface area contributed by atoms with Crippen LogP contribution in [-0.2, 0) is 17.7 Å². The fourth-order valence-electron chi connectivity index (χ4n) is 2.40. The summed E-state index contributed by atoms with van der Waals surface area (Å²) in [5.41, 5.74) is 1.39. The van der Waals surface area contributed by atoms with E-state index in [0.29, 0.717) is 6.54 Å². The second kappa shape index (κ2) is 10.7. The molecule has 0 fully saturated rings. The molecule has 0 spiro atoms. The second-order valence-corrected chi connectivity index (χ2v) is 8.31. The quantitative estimate of drug-likeness (QED) is 0.474. The number of thiophene rings is 1. The van der Waals surface area contributed by atoms with Crippen LogP contribution in [0, 0.1) is 0 Å². The van der Waals surface area contributed by atoms with Crippen LogP contribution in [0.1, 0.15) is 38.1 Å². The molecular weight excluding hydrogens is 372 g/mol. The smallest absolute Gasteiger partial charge is 0.412 e. The van der Waals surface area contributed by atoms with E-state index in [-0.39, 0.29) is 0 Å². The van der Waals surface area contributed by atoms with E-state index >= 15 is 0 Å². The van der Waals surface area contributed by atoms with E-state index in [0.717, 1.165) is 31.2 Å². The molecule has 1 aromatic carbocycles. The van der Waals surface area contributed by atoms with Gasteiger partial charge in [-0.25, -0.2) is 9.79 Å². The molecule has 6 nitrogen and oxygen atoms in total. The summed E-state index contributed by atoms with van der Waals surface area (Å²) < 4.78 is 5.26. The first kappa shape index (κ1) is 21.8. The number of carbonyl (C=O) groups is 1. The molecule has 3 N–H and O–H groups in total. The van der Waals surface area contributed by atoms with Gasteiger partial charge in [-0.05, 0) is 63.3 Å². The Kier molecular flexibility index (Phi) is 8.32. The van der Waals surface area contributed by atoms with Gasteiger partial charge in [-0.15, -0.1) is 11.3 Å². The standard InChI is InChI=1S/C21H30N4O2S/c1-5-22-19(24-15-18-7-6-14-28-18)23-13-12-16-8-10-17(11-9-16)25-20(26)27-21(2,3)4/h6-11,14H,5,12-13,15H2,1-4H3,(H,25,26)(H2,22,23,24). The van der Waals surface area contributed by atoms with Gasteiger partial charge >= 0.3 is 6.09 Å². The maximum atomic E-state index is 11.8. The van der Waals surface area contributed by atoms with Gasteiger partial charge in [0.15, 0.2) is 5.96 Å². The van der Waals surface area contributed by atoms with E-state index in [9.17, 15) is 4.79 Å². The summed E-state index contributed by atoms with van der Waals surface area (Å²) in [7, 11) is 0. The summed E-state index contributed by atoms with van der Waals surface area (Å²) in [6, 6.07) is 11.9. The Bertz CT molecular complexity index is 750. The number of hydrogen-bond donors (Lipinski definition) is 3. The third kappa shape index (κ3) is 8.43. The van der Waals surface area contributed by atoms with Gasteiger partial charge in [0.2, 0.25) is 0 Å². The van der Waals surface area contributed by atoms with Crippen molar-refractivity contribution >= 4 is 29.1 Å². The maximum absolute atomic E-state index is 11.8. The highest BCUT2D eigenvalue weighted by atomic mass is 32.1. The third-order valence-electron chi connectivity index (χ3n) is 3.62. The molecule has 0 bridgehead atoms. The molecule has 0 aliphatic carbocycles. The highest BCUT2D eigenvalue weighted by molar-refractivity contribution is 7.09. The van der Waals surface area contributed by atoms with Crippen molar-refractivity contribution in [1.29, 1.82) is 0 Å². The Labute approximate surface area is 171 Å². The van der Waals surface area contributed by atoms with Crippen LogP contribution in [0.3, 0.4) is 0 Å². The van der Waals surface area contributed by atoms with Crippen molar-refractivity contribution in [3.8, 4) is 0 Å². The predicted molar refractivity (Wildman–Crippen MR) is 117 cm³/mol. The lowest BCUT2D eigenvalue weighted by molar-refractivity contribution is 0.0636. The normalized spacial score (nSPS) is 11.8. The van der Waals surface area contributed by atoms with Crippen molar-refractivity contribution in [3.05, 3.63) is 52.2 Å². The number of anilines is 1. The van der Waals surface area contributed by atoms with Gasteiger partial charge in [-0.2, -0.15) is 0 Å². The van der Waals surface area contributed by atoms with E-state index in [1.165, 1.54) is 10.4 Å². The van der Waals surface area contributed by atoms with Crippen molar-refractivity contribution in [2.75, 3.05) is 18.4 Å². The zero-order valence-electron chi connectivity index (χ0n) is 17.0. The number of nitrogens with zero attached hydrogens (tertiary/aromatic N) is 1. The van der Waals surface area contributed by atoms with E-state index in [1.807, 2.05) is 51.1 Å². The fourth-order valence-corrected chi connectivity index (χ4v) is 3.03. The van der Waals surface area contributed by atoms with Crippen molar-refractivity contribution in [3.63, 3.8) is 0 Å². The van der Waals surface area contributed by atoms with Crippen molar-refractivity contribution in [2.24, 2.45) is 4.99 Å². The summed E-state index contributed by atoms with van der Waals surface area (Å²) >= 11 is 1.71. The molecule has 0 saturated carbocycles. The lowest BCUT2D eigenvalue weighted by atomic mass is 10.1. The van der Waals surface area contributed by atoms with Crippen LogP contribution in [0.4, 0.5) is 10.5 Å². The molecule has 1 amide bonds. The minimum Gasteiger partial charge on any atom is -0.444 e. The molecule has 0 atom stereocenters. The average Bonchev–Trinajstić information content (AvgIpc) is 3.13. The number of rotatable bonds is 7. The number of benzene rings is 1. The maximum Gasteiger partial charge on any atom is 0.412 e. The molecule has 2 rings (SSSR count). The molecule has 0 aliphatic rings. The molecule has 0 unspecified atom stereocenters. The first-order valence-electron chi connectivity index (χ1n) is 9.49. The van der Waals surface area contributed by atoms with Crippen LogP contribution < -0.4 is 16.0 Å². The summed E-state index contributed by atoms with van der Waals surface area (Å²) in [4.78, 5) is 17.7. The van der Waals surface area contributed by atoms with Crippen LogP contribution in [0.2, 0.25) is 0 Å². The summed E-state index contributed by atoms with van der Waals surface area (Å²) in [6.45, 7) is 9.85. The van der Waals surface area contributed by atoms with E-state index in [4.69, 9.17) is 4.74 Å². The summed E-state index contributed by atoms with van der Waals surface area (Å²) in [6.07, 6.45) is 0.412. The van der Waals surface area contributed by atoms with Crippen LogP contribution in [0.15, 0.2) is 46.8 Å². The first-order chi connectivity index (χ1) is 13.4. The monoisotopic (exact) mass is 402 g/mol. The van der Waals surface area contributed by atoms with Crippen LogP contribution in [-0.4, -0.2) is 30.7 Å². The van der Waals surface area contributed by atoms with Gasteiger partial charge in [0.05, 0.1) is 6.54 Å². The Balaban J connectivity index is 1.79. The van der Waals surface area contributed by atoms with Crippen LogP contribution in [0.25, 0.3) is 0 Å². The Hall–Kier alpha value is -2.54. The van der Waals surface area contributed by atoms with Crippen molar-refractivity contribution in [1.82, 2.24) is 10.6 Å². The molecule has 28 heavy (non-hydrogen) atoms. The number of ether oxygens (including phenoxy) is 1. The number of aliphatic imine (C=N–C) groups is 1. The molecule has 152 valence electrons. The van der Waals surface area contributed by atoms with Gasteiger partial charge in [-0.3, -0.25) is 5.32 Å². The topological polar surface area (TPSA) is 74.8 Å². The molecule has 0 aliphatic heterocycles. The molecular formula is C21H30N4O2S. The molecule has 7 heteroatoms. The number of amides is 1. The highest BCUT2D eigenvalue weighted by Crippen LogP contribution is 2.13. The Morgan fingerprint density at radius 3 is 2.50 bits per heavy atom. The van der Waals surface area contributed by atoms with Gasteiger partial charge < -0.3 is 15.4 Å². The Morgan fingerprint density at radius 1 is 1.14 bits per heavy atom. The molecule has 1 aromatic heterocycles. The lowest BCUT2D eigenvalue weighted by Gasteiger charge is -2.19. The zero-order valence-corrected chi connectivity index (χ0v) is 17.9. The van der Waals surface area contributed by atoms with Gasteiger partial charge in [0.1, 0.15) is 5.60 Å². The lowest BCUT2D eigenvalue weighted by Crippen LogP contribution is -2.38. The summed E-state index contributed by atoms with van der Waals surface area (Å²) in [5, 5.41) is 11.4. The number of hydrogen-bond acceptors (Lipinski definition) is 4. The van der Waals surface area contributed by atoms with Crippen molar-refractivity contribution < 1.29 is 9.53 Å². The van der Waals surface area contributed by atoms with E-state index in [1.54, 1.807) is 11.3 Å². The second-order valence-electron chi connectivity index (χ2n) is 7.28. The molecule has 1 heterocycles. The molecule has 2 aromatic rings. The number of nitrogens with one attached hydrogen (secondary N) is 3. The third-order valence-corrected chi connectivity index (χ3v) is 4.48. The minimum atomic E-state index is -0.509. The minimum absolute atomic E-state index is 0.445. The average molecular weight is 403 g/mol. The van der Waals surface area contributed by atoms with Crippen LogP contribution >= 0.6 is 11.3 Å². The van der Waals surface area contributed by atoms with Crippen LogP contribution in [0.5, 0.6) is 0 Å². The van der Waals surface area contributed by atoms with Gasteiger partial charge in [0.25, 0.3) is 0 Å². The van der Waals surface area contributed by atoms with Gasteiger partial charge in [-0.1, -0.05) is 18.2 Å². The predicted octanol–water partition coefficient (Wildman–Crippen LogP) is 4.39. The SMILES string of the molecule is CCNC(=NCc1cccs1)NCCc1ccc(NC(=O)OC(C)(C)C)cc1. The Morgan fingerprint density at radius 2 is 1.89 bits per heavy atom. The van der Waals surface area contributed by atoms with E-state index < -0.39 is 11.7 Å². The van der Waals surface area contributed by atoms with Gasteiger partial charge in [0, 0.05) is 23.7 Å². The number of guanidine groups is 1. The number of carbonyl (C=O) groups excluding carboxylic acids is 1.